The first-order chi connectivity index (χ1) is 6.25. The predicted octanol–water partition coefficient (Wildman–Crippen LogP) is 2.71. The molecule has 2 nitrogen and oxygen atoms in total. The summed E-state index contributed by atoms with van der Waals surface area (Å²) >= 11 is 11.7. The van der Waals surface area contributed by atoms with E-state index in [0.29, 0.717) is 29.5 Å². The number of carbonyl (C=O) groups is 1. The highest BCUT2D eigenvalue weighted by Gasteiger charge is 2.03. The first kappa shape index (κ1) is 10.4. The second kappa shape index (κ2) is 5.10. The maximum atomic E-state index is 9.87. The molecule has 0 saturated carbocycles. The molecule has 4 heteroatoms. The van der Waals surface area contributed by atoms with Crippen LogP contribution in [0.25, 0.3) is 0 Å². The molecule has 0 N–H and O–H groups in total. The van der Waals surface area contributed by atoms with Crippen molar-refractivity contribution in [1.29, 1.82) is 0 Å². The number of rotatable bonds is 4. The van der Waals surface area contributed by atoms with Crippen molar-refractivity contribution in [2.75, 3.05) is 6.61 Å². The molecule has 0 spiro atoms. The Kier molecular flexibility index (Phi) is 4.06. The van der Waals surface area contributed by atoms with Gasteiger partial charge in [-0.25, -0.2) is 0 Å². The average Bonchev–Trinajstić information content (AvgIpc) is 2.13. The molecule has 0 atom stereocenters. The third-order valence-corrected chi connectivity index (χ3v) is 2.45. The van der Waals surface area contributed by atoms with E-state index in [1.54, 1.807) is 6.07 Å². The molecule has 1 aromatic carbocycles. The van der Waals surface area contributed by atoms with E-state index >= 15 is 0 Å². The van der Waals surface area contributed by atoms with Gasteiger partial charge in [-0.3, -0.25) is 4.79 Å². The molecule has 70 valence electrons. The Balaban J connectivity index is 2.65. The molecule has 0 aromatic heterocycles. The number of hydrogen-bond acceptors (Lipinski definition) is 2. The Morgan fingerprint density at radius 1 is 1.38 bits per heavy atom. The molecule has 1 rings (SSSR count). The van der Waals surface area contributed by atoms with E-state index < -0.39 is 0 Å². The van der Waals surface area contributed by atoms with Crippen molar-refractivity contribution in [3.63, 3.8) is 0 Å². The minimum Gasteiger partial charge on any atom is -0.468 e. The lowest BCUT2D eigenvalue weighted by molar-refractivity contribution is -0.128. The van der Waals surface area contributed by atoms with Crippen molar-refractivity contribution in [1.82, 2.24) is 0 Å². The Hall–Kier alpha value is -0.730. The van der Waals surface area contributed by atoms with Gasteiger partial charge in [0.05, 0.1) is 16.7 Å². The molecule has 0 radical (unpaired) electrons. The lowest BCUT2D eigenvalue weighted by atomic mass is 10.2. The second-order valence-corrected chi connectivity index (χ2v) is 3.22. The van der Waals surface area contributed by atoms with Gasteiger partial charge in [0.1, 0.15) is 0 Å². The molecule has 0 aliphatic rings. The third kappa shape index (κ3) is 2.90. The van der Waals surface area contributed by atoms with Gasteiger partial charge in [0.25, 0.3) is 6.47 Å². The van der Waals surface area contributed by atoms with Gasteiger partial charge in [0, 0.05) is 6.42 Å². The van der Waals surface area contributed by atoms with Gasteiger partial charge in [-0.05, 0) is 11.6 Å². The van der Waals surface area contributed by atoms with E-state index in [1.165, 1.54) is 0 Å². The molecule has 1 aromatic rings. The molecule has 0 aliphatic carbocycles. The highest BCUT2D eigenvalue weighted by atomic mass is 35.5. The summed E-state index contributed by atoms with van der Waals surface area (Å²) < 4.78 is 4.55. The summed E-state index contributed by atoms with van der Waals surface area (Å²) in [6.07, 6.45) is 0.581. The summed E-state index contributed by atoms with van der Waals surface area (Å²) in [5.74, 6) is 0. The zero-order valence-electron chi connectivity index (χ0n) is 6.80. The fourth-order valence-electron chi connectivity index (χ4n) is 0.959. The summed E-state index contributed by atoms with van der Waals surface area (Å²) in [6, 6.07) is 5.38. The Morgan fingerprint density at radius 3 is 2.85 bits per heavy atom. The van der Waals surface area contributed by atoms with E-state index in [0.717, 1.165) is 5.56 Å². The topological polar surface area (TPSA) is 26.3 Å². The maximum absolute atomic E-state index is 9.87. The number of benzene rings is 1. The predicted molar refractivity (Wildman–Crippen MR) is 52.2 cm³/mol. The van der Waals surface area contributed by atoms with Crippen LogP contribution in [0.15, 0.2) is 18.2 Å². The van der Waals surface area contributed by atoms with Gasteiger partial charge in [0.15, 0.2) is 0 Å². The van der Waals surface area contributed by atoms with Crippen LogP contribution in [0.3, 0.4) is 0 Å². The number of ether oxygens (including phenoxy) is 1. The van der Waals surface area contributed by atoms with E-state index in [1.807, 2.05) is 12.1 Å². The van der Waals surface area contributed by atoms with Crippen molar-refractivity contribution < 1.29 is 9.53 Å². The van der Waals surface area contributed by atoms with Crippen molar-refractivity contribution in [2.24, 2.45) is 0 Å². The minimum absolute atomic E-state index is 0.323. The number of hydrogen-bond donors (Lipinski definition) is 0. The quantitative estimate of drug-likeness (QED) is 0.574. The van der Waals surface area contributed by atoms with Crippen LogP contribution in [0, 0.1) is 0 Å². The van der Waals surface area contributed by atoms with Crippen LogP contribution in [-0.2, 0) is 16.0 Å². The molecular formula is C9H8Cl2O2. The molecule has 0 fully saturated rings. The summed E-state index contributed by atoms with van der Waals surface area (Å²) in [5.41, 5.74) is 0.885. The minimum atomic E-state index is 0.323. The monoisotopic (exact) mass is 218 g/mol. The first-order valence-corrected chi connectivity index (χ1v) is 4.49. The van der Waals surface area contributed by atoms with Crippen LogP contribution in [0.2, 0.25) is 10.0 Å². The van der Waals surface area contributed by atoms with Crippen LogP contribution in [0.4, 0.5) is 0 Å². The first-order valence-electron chi connectivity index (χ1n) is 3.74. The SMILES string of the molecule is O=COCCc1cccc(Cl)c1Cl. The Morgan fingerprint density at radius 2 is 2.15 bits per heavy atom. The van der Waals surface area contributed by atoms with E-state index in [9.17, 15) is 4.79 Å². The van der Waals surface area contributed by atoms with E-state index in [-0.39, 0.29) is 0 Å². The maximum Gasteiger partial charge on any atom is 0.293 e. The van der Waals surface area contributed by atoms with Crippen molar-refractivity contribution in [2.45, 2.75) is 6.42 Å². The molecule has 0 bridgehead atoms. The van der Waals surface area contributed by atoms with Crippen LogP contribution >= 0.6 is 23.2 Å². The van der Waals surface area contributed by atoms with Crippen molar-refractivity contribution in [3.8, 4) is 0 Å². The molecule has 0 heterocycles. The number of carbonyl (C=O) groups excluding carboxylic acids is 1. The summed E-state index contributed by atoms with van der Waals surface area (Å²) in [7, 11) is 0. The number of halogens is 2. The van der Waals surface area contributed by atoms with E-state index in [2.05, 4.69) is 4.74 Å². The van der Waals surface area contributed by atoms with Crippen molar-refractivity contribution >= 4 is 29.7 Å². The molecular weight excluding hydrogens is 211 g/mol. The van der Waals surface area contributed by atoms with Crippen LogP contribution in [0.1, 0.15) is 5.56 Å². The second-order valence-electron chi connectivity index (χ2n) is 2.43. The van der Waals surface area contributed by atoms with Crippen molar-refractivity contribution in [3.05, 3.63) is 33.8 Å². The smallest absolute Gasteiger partial charge is 0.293 e. The lowest BCUT2D eigenvalue weighted by Gasteiger charge is -2.03. The molecule has 13 heavy (non-hydrogen) atoms. The normalized spacial score (nSPS) is 9.69. The standard InChI is InChI=1S/C9H8Cl2O2/c10-8-3-1-2-7(9(8)11)4-5-13-6-12/h1-3,6H,4-5H2. The fourth-order valence-corrected chi connectivity index (χ4v) is 1.37. The summed E-state index contributed by atoms with van der Waals surface area (Å²) in [4.78, 5) is 9.87. The summed E-state index contributed by atoms with van der Waals surface area (Å²) in [5, 5.41) is 1.05. The third-order valence-electron chi connectivity index (χ3n) is 1.59. The van der Waals surface area contributed by atoms with Gasteiger partial charge in [-0.2, -0.15) is 0 Å². The average molecular weight is 219 g/mol. The summed E-state index contributed by atoms with van der Waals surface area (Å²) in [6.45, 7) is 0.738. The Labute approximate surface area is 86.4 Å². The van der Waals surface area contributed by atoms with Gasteiger partial charge in [0.2, 0.25) is 0 Å². The zero-order valence-corrected chi connectivity index (χ0v) is 8.31. The highest BCUT2D eigenvalue weighted by Crippen LogP contribution is 2.25. The van der Waals surface area contributed by atoms with Crippen LogP contribution in [0.5, 0.6) is 0 Å². The fraction of sp³-hybridized carbons (Fsp3) is 0.222. The van der Waals surface area contributed by atoms with Gasteiger partial charge in [-0.15, -0.1) is 0 Å². The molecule has 0 aliphatic heterocycles. The van der Waals surface area contributed by atoms with E-state index in [4.69, 9.17) is 23.2 Å². The largest absolute Gasteiger partial charge is 0.468 e. The molecule has 0 saturated heterocycles. The van der Waals surface area contributed by atoms with Gasteiger partial charge in [-0.1, -0.05) is 35.3 Å². The zero-order chi connectivity index (χ0) is 9.68. The molecule has 0 amide bonds. The Bertz CT molecular complexity index is 300. The lowest BCUT2D eigenvalue weighted by Crippen LogP contribution is -1.97. The van der Waals surface area contributed by atoms with Gasteiger partial charge < -0.3 is 4.74 Å². The molecule has 0 unspecified atom stereocenters. The van der Waals surface area contributed by atoms with Gasteiger partial charge >= 0.3 is 0 Å². The van der Waals surface area contributed by atoms with Crippen LogP contribution in [-0.4, -0.2) is 13.1 Å². The van der Waals surface area contributed by atoms with Crippen LogP contribution < -0.4 is 0 Å². The highest BCUT2D eigenvalue weighted by molar-refractivity contribution is 6.42.